The van der Waals surface area contributed by atoms with Crippen LogP contribution in [0.2, 0.25) is 0 Å². The summed E-state index contributed by atoms with van der Waals surface area (Å²) in [4.78, 5) is 46.9. The highest BCUT2D eigenvalue weighted by molar-refractivity contribution is 5.74. The van der Waals surface area contributed by atoms with Crippen LogP contribution in [-0.2, 0) is 28.7 Å². The average Bonchev–Trinajstić information content (AvgIpc) is 2.43. The van der Waals surface area contributed by atoms with E-state index in [-0.39, 0.29) is 13.2 Å². The van der Waals surface area contributed by atoms with E-state index in [2.05, 4.69) is 4.74 Å². The molecule has 0 unspecified atom stereocenters. The van der Waals surface area contributed by atoms with Crippen LogP contribution in [0.5, 0.6) is 0 Å². The van der Waals surface area contributed by atoms with E-state index in [1.54, 1.807) is 6.92 Å². The first-order valence-corrected chi connectivity index (χ1v) is 7.49. The van der Waals surface area contributed by atoms with Crippen LogP contribution in [0.3, 0.4) is 0 Å². The molecule has 0 aliphatic rings. The highest BCUT2D eigenvalue weighted by Crippen LogP contribution is 1.91. The summed E-state index contributed by atoms with van der Waals surface area (Å²) in [5.74, 6) is 1.20. The molecule has 15 heteroatoms. The Balaban J connectivity index is -0.0000000984. The number of hydrogen-bond donors (Lipinski definition) is 8. The molecule has 0 spiro atoms. The van der Waals surface area contributed by atoms with Gasteiger partial charge < -0.3 is 41.1 Å². The van der Waals surface area contributed by atoms with Crippen molar-refractivity contribution in [2.75, 3.05) is 13.2 Å². The molecule has 0 saturated carbocycles. The van der Waals surface area contributed by atoms with Gasteiger partial charge in [-0.25, -0.2) is 9.80 Å². The van der Waals surface area contributed by atoms with Crippen LogP contribution in [0.1, 0.15) is 34.6 Å². The van der Waals surface area contributed by atoms with Crippen molar-refractivity contribution >= 4 is 29.8 Å². The molecule has 0 aliphatic carbocycles. The molecule has 0 aromatic heterocycles. The number of nitrogens with zero attached hydrogens (tertiary/aromatic N) is 1. The number of carbonyl (C=O) groups is 5. The van der Waals surface area contributed by atoms with Gasteiger partial charge in [0, 0.05) is 27.7 Å². The van der Waals surface area contributed by atoms with Gasteiger partial charge in [0.15, 0.2) is 12.5 Å². The second kappa shape index (κ2) is 25.1. The normalized spacial score (nSPS) is 9.48. The summed E-state index contributed by atoms with van der Waals surface area (Å²) in [6.07, 6.45) is -2.81. The van der Waals surface area contributed by atoms with E-state index in [9.17, 15) is 4.79 Å². The van der Waals surface area contributed by atoms with Crippen molar-refractivity contribution < 1.29 is 59.3 Å². The summed E-state index contributed by atoms with van der Waals surface area (Å²) in [5.41, 5.74) is 5.30. The predicted molar refractivity (Wildman–Crippen MR) is 97.0 cm³/mol. The van der Waals surface area contributed by atoms with Gasteiger partial charge in [0.2, 0.25) is 0 Å². The first kappa shape index (κ1) is 37.0. The minimum atomic E-state index is -1.63. The van der Waals surface area contributed by atoms with E-state index in [1.807, 2.05) is 0 Å². The predicted octanol–water partition coefficient (Wildman–Crippen LogP) is -2.32. The van der Waals surface area contributed by atoms with Crippen molar-refractivity contribution in [3.63, 3.8) is 0 Å². The number of hydrogen-bond acceptors (Lipinski definition) is 11. The summed E-state index contributed by atoms with van der Waals surface area (Å²) in [5, 5.41) is 47.5. The van der Waals surface area contributed by atoms with Crippen molar-refractivity contribution in [2.45, 2.75) is 47.1 Å². The number of ether oxygens (including phenoxy) is 1. The maximum atomic E-state index is 10.9. The molecule has 0 aromatic rings. The number of rotatable bonds is 5. The van der Waals surface area contributed by atoms with Gasteiger partial charge >= 0.3 is 5.97 Å². The van der Waals surface area contributed by atoms with Crippen LogP contribution in [0.4, 0.5) is 0 Å². The number of aliphatic carboxylic acids is 4. The number of carbonyl (C=O) groups excluding carboxylic acids is 1. The van der Waals surface area contributed by atoms with Gasteiger partial charge in [0.05, 0.1) is 13.2 Å². The molecular formula is C14H31N3O12. The number of carboxylic acid groups (broad SMARTS) is 4. The third kappa shape index (κ3) is 91.3. The summed E-state index contributed by atoms with van der Waals surface area (Å²) in [7, 11) is 0. The van der Waals surface area contributed by atoms with Gasteiger partial charge in [-0.15, -0.1) is 0 Å². The van der Waals surface area contributed by atoms with E-state index < -0.39 is 42.3 Å². The minimum absolute atomic E-state index is 0.196. The molecule has 0 fully saturated rings. The Morgan fingerprint density at radius 1 is 0.828 bits per heavy atom. The molecule has 1 atom stereocenters. The van der Waals surface area contributed by atoms with Crippen LogP contribution in [0, 0.1) is 0 Å². The van der Waals surface area contributed by atoms with Crippen molar-refractivity contribution in [2.24, 2.45) is 11.6 Å². The topological polar surface area (TPSA) is 271 Å². The SMILES string of the molecule is CC(=O)O.CC(=O)O.CC(=O)O.CC(=O)O.CCOC(=O)[C@H](N)N(N)CC(O)O. The van der Waals surface area contributed by atoms with Gasteiger partial charge in [-0.3, -0.25) is 25.0 Å². The minimum Gasteiger partial charge on any atom is -0.481 e. The summed E-state index contributed by atoms with van der Waals surface area (Å²) >= 11 is 0. The van der Waals surface area contributed by atoms with Gasteiger partial charge in [-0.1, -0.05) is 0 Å². The average molecular weight is 433 g/mol. The highest BCUT2D eigenvalue weighted by atomic mass is 16.5. The molecule has 29 heavy (non-hydrogen) atoms. The smallest absolute Gasteiger partial charge is 0.339 e. The third-order valence-electron chi connectivity index (χ3n) is 1.26. The van der Waals surface area contributed by atoms with Gasteiger partial charge in [0.25, 0.3) is 23.9 Å². The lowest BCUT2D eigenvalue weighted by atomic mass is 10.4. The second-order valence-electron chi connectivity index (χ2n) is 4.45. The van der Waals surface area contributed by atoms with E-state index in [0.717, 1.165) is 32.7 Å². The zero-order chi connectivity index (χ0) is 24.7. The van der Waals surface area contributed by atoms with Gasteiger partial charge in [0.1, 0.15) is 0 Å². The fourth-order valence-corrected chi connectivity index (χ4v) is 0.665. The van der Waals surface area contributed by atoms with Crippen molar-refractivity contribution in [3.8, 4) is 0 Å². The quantitative estimate of drug-likeness (QED) is 0.0978. The zero-order valence-electron chi connectivity index (χ0n) is 16.8. The lowest BCUT2D eigenvalue weighted by Gasteiger charge is -2.22. The lowest BCUT2D eigenvalue weighted by molar-refractivity contribution is -0.152. The zero-order valence-corrected chi connectivity index (χ0v) is 16.8. The molecular weight excluding hydrogens is 402 g/mol. The number of carboxylic acids is 4. The Labute approximate surface area is 167 Å². The van der Waals surface area contributed by atoms with Crippen molar-refractivity contribution in [1.82, 2.24) is 5.01 Å². The maximum absolute atomic E-state index is 10.9. The van der Waals surface area contributed by atoms with Crippen LogP contribution in [0.25, 0.3) is 0 Å². The highest BCUT2D eigenvalue weighted by Gasteiger charge is 2.21. The first-order chi connectivity index (χ1) is 12.9. The van der Waals surface area contributed by atoms with Gasteiger partial charge in [-0.05, 0) is 6.92 Å². The third-order valence-corrected chi connectivity index (χ3v) is 1.26. The summed E-state index contributed by atoms with van der Waals surface area (Å²) in [6.45, 7) is 5.84. The molecule has 0 heterocycles. The van der Waals surface area contributed by atoms with E-state index >= 15 is 0 Å². The van der Waals surface area contributed by atoms with Crippen molar-refractivity contribution in [3.05, 3.63) is 0 Å². The molecule has 0 aromatic carbocycles. The standard InChI is InChI=1S/C6H15N3O4.4C2H4O2/c1-2-13-6(12)5(7)9(8)3-4(10)11;4*1-2(3)4/h4-5,10-11H,2-3,7-8H2,1H3;4*1H3,(H,3,4)/t5-;;;;/m1..../s1. The van der Waals surface area contributed by atoms with Crippen LogP contribution < -0.4 is 11.6 Å². The Kier molecular flexibility index (Phi) is 32.1. The number of esters is 1. The van der Waals surface area contributed by atoms with E-state index in [1.165, 1.54) is 0 Å². The lowest BCUT2D eigenvalue weighted by Crippen LogP contribution is -2.54. The number of aliphatic hydroxyl groups is 2. The Hall–Kier alpha value is -2.85. The molecule has 0 saturated heterocycles. The molecule has 0 aliphatic heterocycles. The first-order valence-electron chi connectivity index (χ1n) is 7.49. The molecule has 10 N–H and O–H groups in total. The van der Waals surface area contributed by atoms with E-state index in [4.69, 9.17) is 61.4 Å². The molecule has 0 bridgehead atoms. The maximum Gasteiger partial charge on any atom is 0.339 e. The Bertz CT molecular complexity index is 407. The van der Waals surface area contributed by atoms with Crippen LogP contribution in [-0.4, -0.2) is 91.1 Å². The second-order valence-corrected chi connectivity index (χ2v) is 4.45. The molecule has 0 amide bonds. The van der Waals surface area contributed by atoms with Crippen LogP contribution in [0.15, 0.2) is 0 Å². The fraction of sp³-hybridized carbons (Fsp3) is 0.643. The number of aliphatic hydroxyl groups excluding tert-OH is 1. The fourth-order valence-electron chi connectivity index (χ4n) is 0.665. The van der Waals surface area contributed by atoms with Crippen LogP contribution >= 0.6 is 0 Å². The Morgan fingerprint density at radius 2 is 1.07 bits per heavy atom. The number of nitrogens with two attached hydrogens (primary N) is 2. The molecule has 174 valence electrons. The van der Waals surface area contributed by atoms with E-state index in [0.29, 0.717) is 0 Å². The molecule has 0 radical (unpaired) electrons. The van der Waals surface area contributed by atoms with Gasteiger partial charge in [-0.2, -0.15) is 0 Å². The summed E-state index contributed by atoms with van der Waals surface area (Å²) in [6, 6.07) is 0. The van der Waals surface area contributed by atoms with Crippen molar-refractivity contribution in [1.29, 1.82) is 0 Å². The largest absolute Gasteiger partial charge is 0.481 e. The molecule has 0 rings (SSSR count). The summed E-state index contributed by atoms with van der Waals surface area (Å²) < 4.78 is 4.56. The monoisotopic (exact) mass is 433 g/mol. The molecule has 15 nitrogen and oxygen atoms in total. The number of hydrazine groups is 1. The Morgan fingerprint density at radius 3 is 1.24 bits per heavy atom.